The zero-order valence-corrected chi connectivity index (χ0v) is 18.4. The minimum Gasteiger partial charge on any atom is -0.465 e. The molecule has 6 nitrogen and oxygen atoms in total. The first-order chi connectivity index (χ1) is 15.4. The molecule has 2 aliphatic heterocycles. The summed E-state index contributed by atoms with van der Waals surface area (Å²) in [5, 5.41) is 3.39. The molecular formula is C25H27FN2O4. The zero-order chi connectivity index (χ0) is 23.0. The lowest BCUT2D eigenvalue weighted by atomic mass is 9.76. The van der Waals surface area contributed by atoms with Crippen molar-refractivity contribution in [2.24, 2.45) is 11.8 Å². The molecule has 2 heterocycles. The second-order valence-corrected chi connectivity index (χ2v) is 8.41. The molecule has 2 fully saturated rings. The first-order valence-electron chi connectivity index (χ1n) is 11.0. The second kappa shape index (κ2) is 8.47. The summed E-state index contributed by atoms with van der Waals surface area (Å²) < 4.78 is 18.9. The van der Waals surface area contributed by atoms with Gasteiger partial charge in [0.25, 0.3) is 0 Å². The Hall–Kier alpha value is -3.06. The molecule has 168 valence electrons. The largest absolute Gasteiger partial charge is 0.465 e. The van der Waals surface area contributed by atoms with E-state index >= 15 is 0 Å². The van der Waals surface area contributed by atoms with Crippen LogP contribution in [0.1, 0.15) is 43.9 Å². The van der Waals surface area contributed by atoms with E-state index in [0.717, 1.165) is 16.0 Å². The number of ether oxygens (including phenoxy) is 1. The summed E-state index contributed by atoms with van der Waals surface area (Å²) >= 11 is 0. The smallest absolute Gasteiger partial charge is 0.327 e. The summed E-state index contributed by atoms with van der Waals surface area (Å²) in [6, 6.07) is 12.4. The fraction of sp³-hybridized carbons (Fsp3) is 0.400. The number of hydrogen-bond donors (Lipinski definition) is 1. The highest BCUT2D eigenvalue weighted by atomic mass is 19.1. The van der Waals surface area contributed by atoms with E-state index < -0.39 is 47.0 Å². The van der Waals surface area contributed by atoms with Gasteiger partial charge in [-0.25, -0.2) is 9.29 Å². The van der Waals surface area contributed by atoms with Gasteiger partial charge in [-0.05, 0) is 55.7 Å². The molecule has 2 amide bonds. The van der Waals surface area contributed by atoms with E-state index in [9.17, 15) is 18.8 Å². The number of carbonyl (C=O) groups is 3. The number of nitrogens with one attached hydrogen (secondary N) is 1. The zero-order valence-electron chi connectivity index (χ0n) is 18.4. The first-order valence-corrected chi connectivity index (χ1v) is 11.0. The molecule has 0 bridgehead atoms. The normalized spacial score (nSPS) is 27.0. The Balaban J connectivity index is 1.87. The van der Waals surface area contributed by atoms with Crippen LogP contribution in [0.15, 0.2) is 48.5 Å². The van der Waals surface area contributed by atoms with Gasteiger partial charge in [0.05, 0.1) is 24.1 Å². The van der Waals surface area contributed by atoms with E-state index in [4.69, 9.17) is 4.74 Å². The van der Waals surface area contributed by atoms with Crippen molar-refractivity contribution in [1.29, 1.82) is 0 Å². The Morgan fingerprint density at radius 3 is 2.41 bits per heavy atom. The van der Waals surface area contributed by atoms with Crippen molar-refractivity contribution in [3.05, 3.63) is 65.5 Å². The number of rotatable bonds is 6. The van der Waals surface area contributed by atoms with Gasteiger partial charge in [-0.1, -0.05) is 37.6 Å². The summed E-state index contributed by atoms with van der Waals surface area (Å²) in [4.78, 5) is 41.8. The van der Waals surface area contributed by atoms with Crippen LogP contribution in [0.2, 0.25) is 0 Å². The number of anilines is 1. The van der Waals surface area contributed by atoms with Gasteiger partial charge in [0, 0.05) is 6.04 Å². The molecule has 2 aliphatic rings. The van der Waals surface area contributed by atoms with E-state index in [2.05, 4.69) is 5.32 Å². The molecule has 0 aromatic heterocycles. The SMILES string of the molecule is CCC[C@@]1(C(=O)OCC)N[C@@H](c2ccccc2C)[C@H]2C(=O)N(c3ccc(F)cc3)C(=O)[C@@H]21. The molecule has 7 heteroatoms. The van der Waals surface area contributed by atoms with Crippen LogP contribution in [0.3, 0.4) is 0 Å². The number of fused-ring (bicyclic) bond motifs is 1. The highest BCUT2D eigenvalue weighted by Crippen LogP contribution is 2.52. The van der Waals surface area contributed by atoms with E-state index in [0.29, 0.717) is 18.5 Å². The van der Waals surface area contributed by atoms with E-state index in [-0.39, 0.29) is 6.61 Å². The third kappa shape index (κ3) is 3.32. The van der Waals surface area contributed by atoms with Crippen molar-refractivity contribution in [3.63, 3.8) is 0 Å². The minimum atomic E-state index is -1.32. The number of benzene rings is 2. The molecule has 0 radical (unpaired) electrons. The lowest BCUT2D eigenvalue weighted by Crippen LogP contribution is -2.56. The van der Waals surface area contributed by atoms with Crippen LogP contribution in [0.4, 0.5) is 10.1 Å². The third-order valence-electron chi connectivity index (χ3n) is 6.55. The number of amides is 2. The summed E-state index contributed by atoms with van der Waals surface area (Å²) in [5.74, 6) is -3.52. The van der Waals surface area contributed by atoms with Gasteiger partial charge in [0.2, 0.25) is 11.8 Å². The van der Waals surface area contributed by atoms with Crippen molar-refractivity contribution in [2.45, 2.75) is 45.2 Å². The van der Waals surface area contributed by atoms with Gasteiger partial charge in [-0.2, -0.15) is 0 Å². The summed E-state index contributed by atoms with van der Waals surface area (Å²) in [7, 11) is 0. The van der Waals surface area contributed by atoms with E-state index in [1.165, 1.54) is 24.3 Å². The first kappa shape index (κ1) is 22.1. The molecule has 4 atom stereocenters. The quantitative estimate of drug-likeness (QED) is 0.550. The standard InChI is InChI=1S/C25H27FN2O4/c1-4-14-25(24(31)32-5-2)20-19(21(27-25)18-9-7-6-8-15(18)3)22(29)28(23(20)30)17-12-10-16(26)11-13-17/h6-13,19-21,27H,4-5,14H2,1-3H3/t19-,20+,21-,25+/m0/s1. The molecule has 2 saturated heterocycles. The van der Waals surface area contributed by atoms with Crippen molar-refractivity contribution < 1.29 is 23.5 Å². The van der Waals surface area contributed by atoms with E-state index in [1.807, 2.05) is 38.1 Å². The predicted octanol–water partition coefficient (Wildman–Crippen LogP) is 3.69. The molecule has 0 aliphatic carbocycles. The molecule has 1 N–H and O–H groups in total. The van der Waals surface area contributed by atoms with Gasteiger partial charge in [0.1, 0.15) is 11.4 Å². The molecular weight excluding hydrogens is 411 g/mol. The van der Waals surface area contributed by atoms with E-state index in [1.54, 1.807) is 6.92 Å². The monoisotopic (exact) mass is 438 g/mol. The highest BCUT2D eigenvalue weighted by Gasteiger charge is 2.68. The third-order valence-corrected chi connectivity index (χ3v) is 6.55. The molecule has 0 spiro atoms. The average molecular weight is 438 g/mol. The minimum absolute atomic E-state index is 0.169. The number of halogens is 1. The van der Waals surface area contributed by atoms with Crippen LogP contribution in [-0.2, 0) is 19.1 Å². The number of nitrogens with zero attached hydrogens (tertiary/aromatic N) is 1. The van der Waals surface area contributed by atoms with Crippen LogP contribution in [-0.4, -0.2) is 29.9 Å². The second-order valence-electron chi connectivity index (χ2n) is 8.41. The van der Waals surface area contributed by atoms with Crippen LogP contribution in [0.5, 0.6) is 0 Å². The number of carbonyl (C=O) groups excluding carboxylic acids is 3. The van der Waals surface area contributed by atoms with Crippen LogP contribution in [0, 0.1) is 24.6 Å². The van der Waals surface area contributed by atoms with Gasteiger partial charge in [-0.3, -0.25) is 19.7 Å². The fourth-order valence-corrected chi connectivity index (χ4v) is 5.22. The maximum Gasteiger partial charge on any atom is 0.327 e. The summed E-state index contributed by atoms with van der Waals surface area (Å²) in [6.45, 7) is 5.75. The fourth-order valence-electron chi connectivity index (χ4n) is 5.22. The summed E-state index contributed by atoms with van der Waals surface area (Å²) in [6.07, 6.45) is 0.971. The molecule has 2 aromatic carbocycles. The number of aryl methyl sites for hydroxylation is 1. The molecule has 32 heavy (non-hydrogen) atoms. The van der Waals surface area contributed by atoms with Gasteiger partial charge >= 0.3 is 5.97 Å². The van der Waals surface area contributed by atoms with Crippen molar-refractivity contribution in [2.75, 3.05) is 11.5 Å². The number of esters is 1. The van der Waals surface area contributed by atoms with Crippen molar-refractivity contribution in [1.82, 2.24) is 5.32 Å². The highest BCUT2D eigenvalue weighted by molar-refractivity contribution is 6.24. The van der Waals surface area contributed by atoms with Crippen LogP contribution < -0.4 is 10.2 Å². The Bertz CT molecular complexity index is 1050. The van der Waals surface area contributed by atoms with Gasteiger partial charge in [-0.15, -0.1) is 0 Å². The van der Waals surface area contributed by atoms with Gasteiger partial charge in [0.15, 0.2) is 0 Å². The maximum atomic E-state index is 13.7. The molecule has 4 rings (SSSR count). The Labute approximate surface area is 186 Å². The topological polar surface area (TPSA) is 75.7 Å². The number of imide groups is 1. The molecule has 2 aromatic rings. The van der Waals surface area contributed by atoms with Crippen LogP contribution in [0.25, 0.3) is 0 Å². The van der Waals surface area contributed by atoms with Crippen molar-refractivity contribution >= 4 is 23.5 Å². The molecule has 0 saturated carbocycles. The molecule has 0 unspecified atom stereocenters. The maximum absolute atomic E-state index is 13.7. The Morgan fingerprint density at radius 1 is 1.09 bits per heavy atom. The lowest BCUT2D eigenvalue weighted by Gasteiger charge is -2.32. The Kier molecular flexibility index (Phi) is 5.86. The predicted molar refractivity (Wildman–Crippen MR) is 117 cm³/mol. The van der Waals surface area contributed by atoms with Crippen molar-refractivity contribution in [3.8, 4) is 0 Å². The van der Waals surface area contributed by atoms with Crippen LogP contribution >= 0.6 is 0 Å². The average Bonchev–Trinajstić information content (AvgIpc) is 3.24. The lowest BCUT2D eigenvalue weighted by molar-refractivity contribution is -0.155. The Morgan fingerprint density at radius 2 is 1.78 bits per heavy atom. The summed E-state index contributed by atoms with van der Waals surface area (Å²) in [5.41, 5.74) is 0.810. The van der Waals surface area contributed by atoms with Gasteiger partial charge < -0.3 is 4.74 Å². The number of hydrogen-bond acceptors (Lipinski definition) is 5.